The number of carbonyl (C=O) groups is 1. The van der Waals surface area contributed by atoms with Gasteiger partial charge in [0, 0.05) is 35.9 Å². The molecule has 2 fully saturated rings. The van der Waals surface area contributed by atoms with E-state index in [2.05, 4.69) is 20.4 Å². The lowest BCUT2D eigenvalue weighted by Crippen LogP contribution is -2.40. The molecule has 1 aromatic heterocycles. The van der Waals surface area contributed by atoms with Gasteiger partial charge in [-0.3, -0.25) is 9.69 Å². The number of methoxy groups -OCH3 is 1. The number of benzene rings is 2. The lowest BCUT2D eigenvalue weighted by Gasteiger charge is -2.31. The number of likely N-dealkylation sites (tertiary alicyclic amines) is 1. The molecular weight excluding hydrogens is 542 g/mol. The van der Waals surface area contributed by atoms with E-state index in [0.29, 0.717) is 48.6 Å². The highest BCUT2D eigenvalue weighted by Crippen LogP contribution is 2.32. The highest BCUT2D eigenvalue weighted by Gasteiger charge is 2.31. The van der Waals surface area contributed by atoms with Crippen molar-refractivity contribution in [3.05, 3.63) is 53.4 Å². The molecule has 0 spiro atoms. The average Bonchev–Trinajstić information content (AvgIpc) is 3.42. The molecule has 0 saturated carbocycles. The molecule has 12 heteroatoms. The zero-order valence-corrected chi connectivity index (χ0v) is 23.4. The predicted molar refractivity (Wildman–Crippen MR) is 147 cm³/mol. The van der Waals surface area contributed by atoms with Crippen LogP contribution in [0.4, 0.5) is 5.69 Å². The van der Waals surface area contributed by atoms with Crippen molar-refractivity contribution in [1.29, 1.82) is 0 Å². The van der Waals surface area contributed by atoms with Crippen LogP contribution < -0.4 is 10.1 Å². The van der Waals surface area contributed by atoms with E-state index in [1.54, 1.807) is 24.3 Å². The summed E-state index contributed by atoms with van der Waals surface area (Å²) in [6.45, 7) is 2.75. The number of carbonyl (C=O) groups excluding carboxylic acids is 1. The van der Waals surface area contributed by atoms with Crippen molar-refractivity contribution in [3.63, 3.8) is 0 Å². The molecule has 5 rings (SSSR count). The number of hydrogen-bond acceptors (Lipinski definition) is 8. The Balaban J connectivity index is 1.24. The molecule has 0 bridgehead atoms. The normalized spacial score (nSPS) is 19.1. The lowest BCUT2D eigenvalue weighted by molar-refractivity contribution is -0.121. The van der Waals surface area contributed by atoms with Crippen LogP contribution in [0, 0.1) is 5.92 Å². The number of hydrogen-bond donors (Lipinski definition) is 1. The third kappa shape index (κ3) is 6.43. The second-order valence-electron chi connectivity index (χ2n) is 9.91. The van der Waals surface area contributed by atoms with Gasteiger partial charge in [-0.1, -0.05) is 23.2 Å². The van der Waals surface area contributed by atoms with Gasteiger partial charge < -0.3 is 14.6 Å². The molecule has 0 aliphatic carbocycles. The number of ether oxygens (including phenoxy) is 1. The largest absolute Gasteiger partial charge is 0.495 e. The van der Waals surface area contributed by atoms with Gasteiger partial charge in [0.2, 0.25) is 27.6 Å². The number of nitrogens with zero attached hydrogens (tertiary/aromatic N) is 4. The highest BCUT2D eigenvalue weighted by molar-refractivity contribution is 7.89. The molecule has 3 heterocycles. The van der Waals surface area contributed by atoms with E-state index in [1.165, 1.54) is 17.5 Å². The van der Waals surface area contributed by atoms with Gasteiger partial charge in [0.05, 0.1) is 19.6 Å². The minimum absolute atomic E-state index is 0.0721. The van der Waals surface area contributed by atoms with Crippen LogP contribution in [0.3, 0.4) is 0 Å². The van der Waals surface area contributed by atoms with Gasteiger partial charge in [0.15, 0.2) is 0 Å². The summed E-state index contributed by atoms with van der Waals surface area (Å²) in [6.07, 6.45) is 4.27. The van der Waals surface area contributed by atoms with Crippen LogP contribution in [0.25, 0.3) is 11.4 Å². The van der Waals surface area contributed by atoms with E-state index in [0.717, 1.165) is 44.2 Å². The second-order valence-corrected chi connectivity index (χ2v) is 12.3. The molecule has 1 amide bonds. The van der Waals surface area contributed by atoms with Crippen LogP contribution in [-0.2, 0) is 21.4 Å². The second kappa shape index (κ2) is 12.0. The first kappa shape index (κ1) is 27.6. The maximum absolute atomic E-state index is 13.3. The Morgan fingerprint density at radius 2 is 1.87 bits per heavy atom. The van der Waals surface area contributed by atoms with Gasteiger partial charge in [0.1, 0.15) is 10.6 Å². The minimum Gasteiger partial charge on any atom is -0.495 e. The van der Waals surface area contributed by atoms with Crippen LogP contribution in [-0.4, -0.2) is 67.0 Å². The third-order valence-electron chi connectivity index (χ3n) is 7.17. The molecule has 10 nitrogen and oxygen atoms in total. The number of aromatic nitrogens is 2. The zero-order valence-electron chi connectivity index (χ0n) is 21.8. The molecule has 2 aromatic carbocycles. The van der Waals surface area contributed by atoms with Gasteiger partial charge in [-0.15, -0.1) is 0 Å². The number of halogens is 1. The molecule has 208 valence electrons. The standard InChI is InChI=1S/C27H32ClN5O5S/c1-37-23-12-11-22(16-24(23)39(35,36)33-14-3-2-4-15-33)29-27(34)20-6-5-13-32(17-20)18-25-30-26(31-38-25)19-7-9-21(28)10-8-19/h7-12,16,20H,2-6,13-15,17-18H2,1H3,(H,29,34). The molecule has 0 radical (unpaired) electrons. The molecule has 2 saturated heterocycles. The first-order chi connectivity index (χ1) is 18.8. The van der Waals surface area contributed by atoms with E-state index in [4.69, 9.17) is 20.9 Å². The topological polar surface area (TPSA) is 118 Å². The maximum Gasteiger partial charge on any atom is 0.246 e. The number of sulfonamides is 1. The van der Waals surface area contributed by atoms with Crippen LogP contribution in [0.2, 0.25) is 5.02 Å². The van der Waals surface area contributed by atoms with Crippen LogP contribution in [0.15, 0.2) is 51.9 Å². The number of anilines is 1. The van der Waals surface area contributed by atoms with E-state index in [1.807, 2.05) is 12.1 Å². The highest BCUT2D eigenvalue weighted by atomic mass is 35.5. The maximum atomic E-state index is 13.3. The van der Waals surface area contributed by atoms with Crippen molar-refractivity contribution < 1.29 is 22.5 Å². The first-order valence-corrected chi connectivity index (χ1v) is 15.0. The molecular formula is C27H32ClN5O5S. The molecule has 1 atom stereocenters. The van der Waals surface area contributed by atoms with Gasteiger partial charge in [0.25, 0.3) is 0 Å². The fourth-order valence-electron chi connectivity index (χ4n) is 5.08. The molecule has 39 heavy (non-hydrogen) atoms. The molecule has 2 aliphatic heterocycles. The summed E-state index contributed by atoms with van der Waals surface area (Å²) in [7, 11) is -2.29. The average molecular weight is 574 g/mol. The summed E-state index contributed by atoms with van der Waals surface area (Å²) in [4.78, 5) is 19.9. The van der Waals surface area contributed by atoms with E-state index < -0.39 is 10.0 Å². The van der Waals surface area contributed by atoms with Crippen LogP contribution in [0.1, 0.15) is 38.0 Å². The number of amides is 1. The Labute approximate surface area is 233 Å². The fourth-order valence-corrected chi connectivity index (χ4v) is 6.91. The van der Waals surface area contributed by atoms with Gasteiger partial charge in [-0.2, -0.15) is 9.29 Å². The Morgan fingerprint density at radius 1 is 1.10 bits per heavy atom. The number of rotatable bonds is 8. The van der Waals surface area contributed by atoms with Crippen molar-refractivity contribution in [2.45, 2.75) is 43.5 Å². The molecule has 2 aliphatic rings. The quantitative estimate of drug-likeness (QED) is 0.421. The van der Waals surface area contributed by atoms with Crippen molar-refractivity contribution in [2.24, 2.45) is 5.92 Å². The van der Waals surface area contributed by atoms with E-state index >= 15 is 0 Å². The lowest BCUT2D eigenvalue weighted by atomic mass is 9.97. The first-order valence-electron chi connectivity index (χ1n) is 13.1. The monoisotopic (exact) mass is 573 g/mol. The van der Waals surface area contributed by atoms with Crippen molar-refractivity contribution in [1.82, 2.24) is 19.3 Å². The number of piperidine rings is 2. The summed E-state index contributed by atoms with van der Waals surface area (Å²) in [5, 5.41) is 7.63. The summed E-state index contributed by atoms with van der Waals surface area (Å²) in [6, 6.07) is 12.0. The SMILES string of the molecule is COc1ccc(NC(=O)C2CCCN(Cc3nc(-c4ccc(Cl)cc4)no3)C2)cc1S(=O)(=O)N1CCCCC1. The Bertz CT molecular complexity index is 1410. The minimum atomic E-state index is -3.73. The number of nitrogens with one attached hydrogen (secondary N) is 1. The Kier molecular flexibility index (Phi) is 8.51. The third-order valence-corrected chi connectivity index (χ3v) is 9.34. The predicted octanol–water partition coefficient (Wildman–Crippen LogP) is 4.42. The van der Waals surface area contributed by atoms with E-state index in [9.17, 15) is 13.2 Å². The fraction of sp³-hybridized carbons (Fsp3) is 0.444. The molecule has 1 N–H and O–H groups in total. The van der Waals surface area contributed by atoms with Gasteiger partial charge in [-0.25, -0.2) is 8.42 Å². The summed E-state index contributed by atoms with van der Waals surface area (Å²) in [5.41, 5.74) is 1.24. The van der Waals surface area contributed by atoms with Crippen molar-refractivity contribution in [2.75, 3.05) is 38.6 Å². The van der Waals surface area contributed by atoms with Crippen LogP contribution >= 0.6 is 11.6 Å². The summed E-state index contributed by atoms with van der Waals surface area (Å²) in [5.74, 6) is 0.812. The van der Waals surface area contributed by atoms with Crippen molar-refractivity contribution in [3.8, 4) is 17.1 Å². The Hall–Kier alpha value is -2.99. The van der Waals surface area contributed by atoms with Gasteiger partial charge >= 0.3 is 0 Å². The van der Waals surface area contributed by atoms with Gasteiger partial charge in [-0.05, 0) is 74.7 Å². The van der Waals surface area contributed by atoms with E-state index in [-0.39, 0.29) is 22.5 Å². The van der Waals surface area contributed by atoms with Crippen LogP contribution in [0.5, 0.6) is 5.75 Å². The Morgan fingerprint density at radius 3 is 2.62 bits per heavy atom. The summed E-state index contributed by atoms with van der Waals surface area (Å²) < 4.78 is 39.0. The van der Waals surface area contributed by atoms with Crippen molar-refractivity contribution >= 4 is 33.2 Å². The summed E-state index contributed by atoms with van der Waals surface area (Å²) >= 11 is 5.96. The molecule has 1 unspecified atom stereocenters. The molecule has 3 aromatic rings. The smallest absolute Gasteiger partial charge is 0.246 e. The zero-order chi connectivity index (χ0) is 27.4.